The first kappa shape index (κ1) is 17.3. The van der Waals surface area contributed by atoms with Crippen LogP contribution in [0, 0.1) is 6.92 Å². The van der Waals surface area contributed by atoms with Gasteiger partial charge in [-0.2, -0.15) is 0 Å². The molecule has 130 valence electrons. The standard InChI is InChI=1S/C23H27NO/c1-6-18(12-11-16(3)25-20-9-8-10-20)19-13-14-22-21(7-2)17(4)24(5)23(22)15-19/h6-7,11-15,20H,2-3,8-10H2,1,4-5H3/b12-11-,18-6+. The fraction of sp³-hybridized carbons (Fsp3) is 0.304. The molecule has 0 saturated heterocycles. The Bertz CT molecular complexity index is 875. The van der Waals surface area contributed by atoms with Gasteiger partial charge in [0.15, 0.2) is 0 Å². The van der Waals surface area contributed by atoms with E-state index in [1.54, 1.807) is 0 Å². The fourth-order valence-corrected chi connectivity index (χ4v) is 3.31. The van der Waals surface area contributed by atoms with Crippen molar-refractivity contribution in [1.29, 1.82) is 0 Å². The summed E-state index contributed by atoms with van der Waals surface area (Å²) in [5.41, 5.74) is 6.03. The van der Waals surface area contributed by atoms with Gasteiger partial charge in [-0.25, -0.2) is 0 Å². The van der Waals surface area contributed by atoms with Crippen molar-refractivity contribution in [3.8, 4) is 0 Å². The van der Waals surface area contributed by atoms with Gasteiger partial charge in [-0.1, -0.05) is 43.5 Å². The highest BCUT2D eigenvalue weighted by atomic mass is 16.5. The van der Waals surface area contributed by atoms with E-state index in [0.29, 0.717) is 6.10 Å². The molecule has 0 radical (unpaired) electrons. The number of benzene rings is 1. The zero-order valence-corrected chi connectivity index (χ0v) is 15.5. The van der Waals surface area contributed by atoms with Crippen LogP contribution in [-0.4, -0.2) is 10.7 Å². The fourth-order valence-electron chi connectivity index (χ4n) is 3.31. The molecule has 0 N–H and O–H groups in total. The van der Waals surface area contributed by atoms with Crippen molar-refractivity contribution in [1.82, 2.24) is 4.57 Å². The van der Waals surface area contributed by atoms with Crippen molar-refractivity contribution in [3.05, 3.63) is 72.2 Å². The van der Waals surface area contributed by atoms with Crippen molar-refractivity contribution < 1.29 is 4.74 Å². The van der Waals surface area contributed by atoms with Gasteiger partial charge < -0.3 is 9.30 Å². The highest BCUT2D eigenvalue weighted by Crippen LogP contribution is 2.29. The Hall–Kier alpha value is -2.48. The van der Waals surface area contributed by atoms with Crippen molar-refractivity contribution in [2.75, 3.05) is 0 Å². The summed E-state index contributed by atoms with van der Waals surface area (Å²) in [6, 6.07) is 6.60. The lowest BCUT2D eigenvalue weighted by molar-refractivity contribution is 0.0599. The van der Waals surface area contributed by atoms with Crippen molar-refractivity contribution in [3.63, 3.8) is 0 Å². The van der Waals surface area contributed by atoms with E-state index < -0.39 is 0 Å². The predicted molar refractivity (Wildman–Crippen MR) is 108 cm³/mol. The number of rotatable bonds is 6. The summed E-state index contributed by atoms with van der Waals surface area (Å²) in [4.78, 5) is 0. The van der Waals surface area contributed by atoms with Crippen LogP contribution in [0.4, 0.5) is 0 Å². The predicted octanol–water partition coefficient (Wildman–Crippen LogP) is 6.17. The number of fused-ring (bicyclic) bond motifs is 1. The van der Waals surface area contributed by atoms with Crippen molar-refractivity contribution in [2.24, 2.45) is 7.05 Å². The first-order chi connectivity index (χ1) is 12.0. The highest BCUT2D eigenvalue weighted by Gasteiger charge is 2.18. The average molecular weight is 333 g/mol. The lowest BCUT2D eigenvalue weighted by Gasteiger charge is -2.26. The van der Waals surface area contributed by atoms with Crippen LogP contribution in [0.15, 0.2) is 55.3 Å². The molecule has 1 aromatic carbocycles. The van der Waals surface area contributed by atoms with Gasteiger partial charge in [0, 0.05) is 29.2 Å². The number of hydrogen-bond donors (Lipinski definition) is 0. The van der Waals surface area contributed by atoms with Gasteiger partial charge in [-0.15, -0.1) is 0 Å². The molecule has 0 unspecified atom stereocenters. The van der Waals surface area contributed by atoms with Crippen LogP contribution in [0.25, 0.3) is 22.6 Å². The minimum absolute atomic E-state index is 0.367. The summed E-state index contributed by atoms with van der Waals surface area (Å²) >= 11 is 0. The smallest absolute Gasteiger partial charge is 0.112 e. The van der Waals surface area contributed by atoms with Gasteiger partial charge in [0.1, 0.15) is 5.76 Å². The zero-order chi connectivity index (χ0) is 18.0. The van der Waals surface area contributed by atoms with Crippen LogP contribution in [0.1, 0.15) is 43.0 Å². The molecule has 1 fully saturated rings. The van der Waals surface area contributed by atoms with Gasteiger partial charge >= 0.3 is 0 Å². The first-order valence-corrected chi connectivity index (χ1v) is 8.97. The van der Waals surface area contributed by atoms with E-state index >= 15 is 0 Å². The third-order valence-corrected chi connectivity index (χ3v) is 5.21. The molecule has 3 rings (SSSR count). The Kier molecular flexibility index (Phi) is 4.98. The molecular formula is C23H27NO. The molecule has 1 heterocycles. The highest BCUT2D eigenvalue weighted by molar-refractivity contribution is 5.93. The quantitative estimate of drug-likeness (QED) is 0.455. The molecule has 2 heteroatoms. The summed E-state index contributed by atoms with van der Waals surface area (Å²) < 4.78 is 8.04. The summed E-state index contributed by atoms with van der Waals surface area (Å²) in [5, 5.41) is 1.25. The summed E-state index contributed by atoms with van der Waals surface area (Å²) in [6.07, 6.45) is 12.1. The van der Waals surface area contributed by atoms with E-state index in [1.807, 2.05) is 12.2 Å². The summed E-state index contributed by atoms with van der Waals surface area (Å²) in [6.45, 7) is 12.2. The maximum Gasteiger partial charge on any atom is 0.112 e. The SMILES string of the molecule is C=Cc1c(C)n(C)c2cc(C(/C=C\C(=C)OC3CCC3)=C/C)ccc12. The molecule has 1 aliphatic rings. The van der Waals surface area contributed by atoms with Crippen LogP contribution in [0.2, 0.25) is 0 Å². The van der Waals surface area contributed by atoms with Gasteiger partial charge in [0.2, 0.25) is 0 Å². The third-order valence-electron chi connectivity index (χ3n) is 5.21. The van der Waals surface area contributed by atoms with E-state index in [-0.39, 0.29) is 0 Å². The largest absolute Gasteiger partial charge is 0.491 e. The molecule has 2 aromatic rings. The Labute approximate surface area is 150 Å². The van der Waals surface area contributed by atoms with E-state index in [9.17, 15) is 0 Å². The third kappa shape index (κ3) is 3.34. The minimum Gasteiger partial charge on any atom is -0.491 e. The minimum atomic E-state index is 0.367. The first-order valence-electron chi connectivity index (χ1n) is 8.97. The molecule has 0 atom stereocenters. The van der Waals surface area contributed by atoms with Gasteiger partial charge in [0.25, 0.3) is 0 Å². The van der Waals surface area contributed by atoms with Crippen LogP contribution in [0.3, 0.4) is 0 Å². The van der Waals surface area contributed by atoms with Crippen LogP contribution < -0.4 is 0 Å². The van der Waals surface area contributed by atoms with E-state index in [2.05, 4.69) is 69.0 Å². The lowest BCUT2D eigenvalue weighted by Crippen LogP contribution is -2.20. The molecule has 0 amide bonds. The molecule has 0 bridgehead atoms. The summed E-state index contributed by atoms with van der Waals surface area (Å²) in [7, 11) is 2.11. The Balaban J connectivity index is 1.87. The van der Waals surface area contributed by atoms with Gasteiger partial charge in [0.05, 0.1) is 6.10 Å². The molecule has 0 aliphatic heterocycles. The maximum absolute atomic E-state index is 5.82. The van der Waals surface area contributed by atoms with Crippen molar-refractivity contribution in [2.45, 2.75) is 39.2 Å². The number of hydrogen-bond acceptors (Lipinski definition) is 1. The second-order valence-electron chi connectivity index (χ2n) is 6.71. The van der Waals surface area contributed by atoms with Crippen LogP contribution >= 0.6 is 0 Å². The second-order valence-corrected chi connectivity index (χ2v) is 6.71. The number of allylic oxidation sites excluding steroid dienone is 4. The van der Waals surface area contributed by atoms with Crippen LogP contribution in [-0.2, 0) is 11.8 Å². The topological polar surface area (TPSA) is 14.2 Å². The number of aryl methyl sites for hydroxylation is 1. The lowest BCUT2D eigenvalue weighted by atomic mass is 9.96. The van der Waals surface area contributed by atoms with E-state index in [4.69, 9.17) is 4.74 Å². The molecule has 1 aliphatic carbocycles. The average Bonchev–Trinajstić information content (AvgIpc) is 2.82. The molecule has 1 aromatic heterocycles. The summed E-state index contributed by atoms with van der Waals surface area (Å²) in [5.74, 6) is 0.744. The monoisotopic (exact) mass is 333 g/mol. The zero-order valence-electron chi connectivity index (χ0n) is 15.5. The van der Waals surface area contributed by atoms with E-state index in [1.165, 1.54) is 39.7 Å². The molecule has 25 heavy (non-hydrogen) atoms. The van der Waals surface area contributed by atoms with Gasteiger partial charge in [-0.05, 0) is 56.4 Å². The number of ether oxygens (including phenoxy) is 1. The van der Waals surface area contributed by atoms with Crippen molar-refractivity contribution >= 4 is 22.6 Å². The molecule has 1 saturated carbocycles. The number of nitrogens with zero attached hydrogens (tertiary/aromatic N) is 1. The van der Waals surface area contributed by atoms with Gasteiger partial charge in [-0.3, -0.25) is 0 Å². The molecular weight excluding hydrogens is 306 g/mol. The number of aromatic nitrogens is 1. The normalized spacial score (nSPS) is 15.6. The van der Waals surface area contributed by atoms with Crippen LogP contribution in [0.5, 0.6) is 0 Å². The Morgan fingerprint density at radius 3 is 2.64 bits per heavy atom. The molecule has 0 spiro atoms. The Morgan fingerprint density at radius 2 is 2.04 bits per heavy atom. The molecule has 2 nitrogen and oxygen atoms in total. The second kappa shape index (κ2) is 7.18. The van der Waals surface area contributed by atoms with E-state index in [0.717, 1.165) is 18.6 Å². The Morgan fingerprint density at radius 1 is 1.28 bits per heavy atom. The maximum atomic E-state index is 5.82.